The molecule has 0 aliphatic carbocycles. The van der Waals surface area contributed by atoms with Crippen molar-refractivity contribution in [2.24, 2.45) is 0 Å². The van der Waals surface area contributed by atoms with Crippen molar-refractivity contribution >= 4 is 34.8 Å². The van der Waals surface area contributed by atoms with Crippen molar-refractivity contribution in [3.8, 4) is 0 Å². The summed E-state index contributed by atoms with van der Waals surface area (Å²) in [5.41, 5.74) is 2.38. The summed E-state index contributed by atoms with van der Waals surface area (Å²) in [6.07, 6.45) is 2.28. The van der Waals surface area contributed by atoms with Gasteiger partial charge in [0.1, 0.15) is 0 Å². The van der Waals surface area contributed by atoms with Crippen molar-refractivity contribution in [1.82, 2.24) is 5.32 Å². The van der Waals surface area contributed by atoms with E-state index in [1.807, 2.05) is 13.8 Å². The van der Waals surface area contributed by atoms with Crippen LogP contribution in [0.1, 0.15) is 41.2 Å². The highest BCUT2D eigenvalue weighted by molar-refractivity contribution is 6.02. The third kappa shape index (κ3) is 6.46. The Kier molecular flexibility index (Phi) is 7.64. The zero-order chi connectivity index (χ0) is 22.9. The summed E-state index contributed by atoms with van der Waals surface area (Å²) in [6, 6.07) is 17.1. The van der Waals surface area contributed by atoms with Crippen LogP contribution in [0.3, 0.4) is 0 Å². The first-order valence-corrected chi connectivity index (χ1v) is 10.3. The van der Waals surface area contributed by atoms with E-state index in [1.54, 1.807) is 60.7 Å². The molecule has 0 spiro atoms. The largest absolute Gasteiger partial charge is 0.459 e. The minimum Gasteiger partial charge on any atom is -0.459 e. The molecule has 4 N–H and O–H groups in total. The van der Waals surface area contributed by atoms with E-state index in [9.17, 15) is 14.4 Å². The molecule has 166 valence electrons. The Balaban J connectivity index is 1.49. The lowest BCUT2D eigenvalue weighted by molar-refractivity contribution is -0.114. The van der Waals surface area contributed by atoms with Gasteiger partial charge in [-0.15, -0.1) is 0 Å². The molecule has 3 amide bonds. The van der Waals surface area contributed by atoms with Gasteiger partial charge < -0.3 is 25.7 Å². The molecule has 3 aromatic rings. The maximum Gasteiger partial charge on any atom is 0.291 e. The van der Waals surface area contributed by atoms with Crippen LogP contribution < -0.4 is 21.3 Å². The molecule has 1 aromatic heterocycles. The fourth-order valence-electron chi connectivity index (χ4n) is 2.81. The number of nitrogens with one attached hydrogen (secondary N) is 4. The highest BCUT2D eigenvalue weighted by Crippen LogP contribution is 2.16. The van der Waals surface area contributed by atoms with Gasteiger partial charge in [-0.2, -0.15) is 0 Å². The van der Waals surface area contributed by atoms with E-state index >= 15 is 0 Å². The zero-order valence-corrected chi connectivity index (χ0v) is 18.0. The Morgan fingerprint density at radius 1 is 0.875 bits per heavy atom. The molecule has 0 saturated carbocycles. The normalized spacial score (nSPS) is 11.3. The number of furan rings is 1. The summed E-state index contributed by atoms with van der Waals surface area (Å²) < 4.78 is 5.07. The van der Waals surface area contributed by atoms with Gasteiger partial charge in [-0.3, -0.25) is 14.4 Å². The van der Waals surface area contributed by atoms with Crippen molar-refractivity contribution in [2.75, 3.05) is 22.5 Å². The number of carbonyl (C=O) groups is 3. The Hall–Kier alpha value is -4.07. The fraction of sp³-hybridized carbons (Fsp3) is 0.208. The summed E-state index contributed by atoms with van der Waals surface area (Å²) in [5, 5.41) is 11.4. The summed E-state index contributed by atoms with van der Waals surface area (Å²) in [4.78, 5) is 36.5. The number of hydrogen-bond acceptors (Lipinski definition) is 5. The molecular weight excluding hydrogens is 408 g/mol. The van der Waals surface area contributed by atoms with E-state index in [2.05, 4.69) is 21.3 Å². The molecule has 1 unspecified atom stereocenters. The molecular formula is C24H26N4O4. The van der Waals surface area contributed by atoms with Crippen LogP contribution in [0.5, 0.6) is 0 Å². The lowest BCUT2D eigenvalue weighted by atomic mass is 10.1. The fourth-order valence-corrected chi connectivity index (χ4v) is 2.81. The van der Waals surface area contributed by atoms with Gasteiger partial charge in [0.2, 0.25) is 5.91 Å². The van der Waals surface area contributed by atoms with Crippen molar-refractivity contribution in [2.45, 2.75) is 26.3 Å². The van der Waals surface area contributed by atoms with Crippen molar-refractivity contribution in [3.63, 3.8) is 0 Å². The first-order chi connectivity index (χ1) is 15.4. The van der Waals surface area contributed by atoms with Gasteiger partial charge in [0.05, 0.1) is 12.8 Å². The molecule has 0 aliphatic heterocycles. The molecule has 0 radical (unpaired) electrons. The second kappa shape index (κ2) is 10.8. The van der Waals surface area contributed by atoms with Gasteiger partial charge in [-0.05, 0) is 67.9 Å². The molecule has 0 bridgehead atoms. The SMILES string of the molecule is CCC(C)NC(=O)c1ccc(NC(=O)CNc2cccc(NC(=O)c3ccco3)c2)cc1. The second-order valence-corrected chi connectivity index (χ2v) is 7.27. The van der Waals surface area contributed by atoms with Crippen LogP contribution in [0, 0.1) is 0 Å². The molecule has 0 saturated heterocycles. The predicted molar refractivity (Wildman–Crippen MR) is 124 cm³/mol. The predicted octanol–water partition coefficient (Wildman–Crippen LogP) is 4.11. The van der Waals surface area contributed by atoms with E-state index in [4.69, 9.17) is 4.42 Å². The quantitative estimate of drug-likeness (QED) is 0.405. The first-order valence-electron chi connectivity index (χ1n) is 10.3. The summed E-state index contributed by atoms with van der Waals surface area (Å²) >= 11 is 0. The third-order valence-corrected chi connectivity index (χ3v) is 4.74. The summed E-state index contributed by atoms with van der Waals surface area (Å²) in [6.45, 7) is 3.99. The van der Waals surface area contributed by atoms with E-state index in [-0.39, 0.29) is 36.1 Å². The van der Waals surface area contributed by atoms with Gasteiger partial charge >= 0.3 is 0 Å². The molecule has 8 heteroatoms. The zero-order valence-electron chi connectivity index (χ0n) is 18.0. The average molecular weight is 434 g/mol. The minimum atomic E-state index is -0.355. The van der Waals surface area contributed by atoms with Crippen LogP contribution in [0.4, 0.5) is 17.1 Å². The summed E-state index contributed by atoms with van der Waals surface area (Å²) in [7, 11) is 0. The monoisotopic (exact) mass is 434 g/mol. The molecule has 1 heterocycles. The van der Waals surface area contributed by atoms with Gasteiger partial charge in [0.25, 0.3) is 11.8 Å². The maximum atomic E-state index is 12.3. The van der Waals surface area contributed by atoms with E-state index in [1.165, 1.54) is 6.26 Å². The maximum absolute atomic E-state index is 12.3. The van der Waals surface area contributed by atoms with E-state index < -0.39 is 0 Å². The van der Waals surface area contributed by atoms with Gasteiger partial charge in [0.15, 0.2) is 5.76 Å². The number of carbonyl (C=O) groups excluding carboxylic acids is 3. The lowest BCUT2D eigenvalue weighted by Gasteiger charge is -2.12. The molecule has 2 aromatic carbocycles. The molecule has 8 nitrogen and oxygen atoms in total. The van der Waals surface area contributed by atoms with E-state index in [0.717, 1.165) is 6.42 Å². The Morgan fingerprint density at radius 2 is 1.62 bits per heavy atom. The van der Waals surface area contributed by atoms with Crippen LogP contribution in [-0.4, -0.2) is 30.3 Å². The van der Waals surface area contributed by atoms with Crippen molar-refractivity contribution in [1.29, 1.82) is 0 Å². The summed E-state index contributed by atoms with van der Waals surface area (Å²) in [5.74, 6) is -0.526. The average Bonchev–Trinajstić information content (AvgIpc) is 3.33. The highest BCUT2D eigenvalue weighted by Gasteiger charge is 2.10. The van der Waals surface area contributed by atoms with Crippen LogP contribution in [0.2, 0.25) is 0 Å². The van der Waals surface area contributed by atoms with Gasteiger partial charge in [0, 0.05) is 28.7 Å². The molecule has 32 heavy (non-hydrogen) atoms. The van der Waals surface area contributed by atoms with Gasteiger partial charge in [-0.1, -0.05) is 13.0 Å². The van der Waals surface area contributed by atoms with Crippen molar-refractivity contribution < 1.29 is 18.8 Å². The highest BCUT2D eigenvalue weighted by atomic mass is 16.3. The third-order valence-electron chi connectivity index (χ3n) is 4.74. The lowest BCUT2D eigenvalue weighted by Crippen LogP contribution is -2.31. The van der Waals surface area contributed by atoms with Crippen molar-refractivity contribution in [3.05, 3.63) is 78.3 Å². The smallest absolute Gasteiger partial charge is 0.291 e. The number of anilines is 3. The molecule has 0 fully saturated rings. The standard InChI is InChI=1S/C24H26N4O4/c1-3-16(2)26-23(30)17-9-11-18(12-10-17)27-22(29)15-25-19-6-4-7-20(14-19)28-24(31)21-8-5-13-32-21/h4-14,16,25H,3,15H2,1-2H3,(H,26,30)(H,27,29)(H,28,31). The number of benzene rings is 2. The van der Waals surface area contributed by atoms with Crippen LogP contribution in [-0.2, 0) is 4.79 Å². The minimum absolute atomic E-state index is 0.0336. The molecule has 3 rings (SSSR count). The number of rotatable bonds is 9. The second-order valence-electron chi connectivity index (χ2n) is 7.27. The Bertz CT molecular complexity index is 1060. The number of amides is 3. The number of hydrogen-bond donors (Lipinski definition) is 4. The molecule has 1 atom stereocenters. The van der Waals surface area contributed by atoms with Crippen LogP contribution >= 0.6 is 0 Å². The molecule has 0 aliphatic rings. The Labute approximate surface area is 186 Å². The van der Waals surface area contributed by atoms with E-state index in [0.29, 0.717) is 22.6 Å². The Morgan fingerprint density at radius 3 is 2.31 bits per heavy atom. The van der Waals surface area contributed by atoms with Crippen LogP contribution in [0.15, 0.2) is 71.3 Å². The van der Waals surface area contributed by atoms with Gasteiger partial charge in [-0.25, -0.2) is 0 Å². The van der Waals surface area contributed by atoms with Crippen LogP contribution in [0.25, 0.3) is 0 Å². The first kappa shape index (κ1) is 22.6. The topological polar surface area (TPSA) is 112 Å².